The molecule has 1 unspecified atom stereocenters. The molecule has 2 heteroatoms. The number of unbranched alkanes of at least 4 members (excludes halogenated alkanes) is 16. The zero-order valence-electron chi connectivity index (χ0n) is 19.5. The Morgan fingerprint density at radius 1 is 0.679 bits per heavy atom. The van der Waals surface area contributed by atoms with Crippen molar-refractivity contribution >= 4 is 5.97 Å². The minimum Gasteiger partial charge on any atom is -0.469 e. The maximum atomic E-state index is 11.3. The lowest BCUT2D eigenvalue weighted by atomic mass is 10.0. The predicted octanol–water partition coefficient (Wildman–Crippen LogP) is 8.78. The third-order valence-electron chi connectivity index (χ3n) is 5.75. The van der Waals surface area contributed by atoms with Gasteiger partial charge < -0.3 is 4.74 Å². The Balaban J connectivity index is 3.15. The van der Waals surface area contributed by atoms with E-state index in [0.29, 0.717) is 0 Å². The average Bonchev–Trinajstić information content (AvgIpc) is 2.71. The van der Waals surface area contributed by atoms with E-state index in [1.165, 1.54) is 116 Å². The van der Waals surface area contributed by atoms with Crippen molar-refractivity contribution in [1.82, 2.24) is 0 Å². The number of carbonyl (C=O) groups is 1. The predicted molar refractivity (Wildman–Crippen MR) is 124 cm³/mol. The van der Waals surface area contributed by atoms with Crippen molar-refractivity contribution < 1.29 is 9.53 Å². The molecule has 1 atom stereocenters. The summed E-state index contributed by atoms with van der Waals surface area (Å²) >= 11 is 0. The Kier molecular flexibility index (Phi) is 21.9. The summed E-state index contributed by atoms with van der Waals surface area (Å²) in [5.74, 6) is 0.00342. The van der Waals surface area contributed by atoms with E-state index in [1.54, 1.807) is 0 Å². The third kappa shape index (κ3) is 20.0. The van der Waals surface area contributed by atoms with Crippen LogP contribution in [0.15, 0.2) is 12.2 Å². The Hall–Kier alpha value is -0.790. The molecule has 0 aromatic heterocycles. The van der Waals surface area contributed by atoms with Gasteiger partial charge in [-0.3, -0.25) is 4.79 Å². The first-order valence-corrected chi connectivity index (χ1v) is 12.4. The maximum absolute atomic E-state index is 11.3. The van der Waals surface area contributed by atoms with Crippen LogP contribution in [0.3, 0.4) is 0 Å². The third-order valence-corrected chi connectivity index (χ3v) is 5.75. The molecule has 0 radical (unpaired) electrons. The lowest BCUT2D eigenvalue weighted by Crippen LogP contribution is -2.12. The minimum atomic E-state index is -0.0618. The number of allylic oxidation sites excluding steroid dienone is 2. The van der Waals surface area contributed by atoms with Crippen molar-refractivity contribution in [1.29, 1.82) is 0 Å². The van der Waals surface area contributed by atoms with Gasteiger partial charge in [-0.05, 0) is 32.1 Å². The smallest absolute Gasteiger partial charge is 0.308 e. The first kappa shape index (κ1) is 27.2. The van der Waals surface area contributed by atoms with Crippen LogP contribution in [0.25, 0.3) is 0 Å². The number of carbonyl (C=O) groups excluding carboxylic acids is 1. The zero-order chi connectivity index (χ0) is 20.7. The van der Waals surface area contributed by atoms with Crippen LogP contribution in [-0.4, -0.2) is 13.1 Å². The Labute approximate surface area is 176 Å². The molecule has 0 heterocycles. The van der Waals surface area contributed by atoms with E-state index >= 15 is 0 Å². The molecule has 0 aliphatic heterocycles. The summed E-state index contributed by atoms with van der Waals surface area (Å²) in [6.45, 7) is 4.25. The summed E-state index contributed by atoms with van der Waals surface area (Å²) in [6.07, 6.45) is 30.2. The molecule has 0 saturated carbocycles. The van der Waals surface area contributed by atoms with E-state index in [2.05, 4.69) is 19.1 Å². The van der Waals surface area contributed by atoms with Crippen molar-refractivity contribution in [3.63, 3.8) is 0 Å². The molecule has 0 aromatic rings. The standard InChI is InChI=1S/C26H50O2/c1-4-5-6-7-8-9-10-11-12-13-14-15-16-17-18-19-20-21-22-23-24-25(2)26(27)28-3/h11-12,25H,4-10,13-24H2,1-3H3/b12-11-. The van der Waals surface area contributed by atoms with Crippen molar-refractivity contribution in [3.05, 3.63) is 12.2 Å². The molecule has 0 aromatic carbocycles. The molecule has 0 aliphatic carbocycles. The second-order valence-electron chi connectivity index (χ2n) is 8.56. The van der Waals surface area contributed by atoms with Gasteiger partial charge in [-0.15, -0.1) is 0 Å². The van der Waals surface area contributed by atoms with E-state index < -0.39 is 0 Å². The molecule has 0 saturated heterocycles. The lowest BCUT2D eigenvalue weighted by Gasteiger charge is -2.08. The number of ether oxygens (including phenoxy) is 1. The normalized spacial score (nSPS) is 12.5. The summed E-state index contributed by atoms with van der Waals surface area (Å²) in [7, 11) is 1.48. The van der Waals surface area contributed by atoms with Gasteiger partial charge in [-0.1, -0.05) is 116 Å². The number of rotatable bonds is 21. The Morgan fingerprint density at radius 3 is 1.50 bits per heavy atom. The van der Waals surface area contributed by atoms with Gasteiger partial charge >= 0.3 is 5.97 Å². The van der Waals surface area contributed by atoms with Crippen LogP contribution < -0.4 is 0 Å². The maximum Gasteiger partial charge on any atom is 0.308 e. The Morgan fingerprint density at radius 2 is 1.07 bits per heavy atom. The first-order valence-electron chi connectivity index (χ1n) is 12.4. The molecule has 2 nitrogen and oxygen atoms in total. The first-order chi connectivity index (χ1) is 13.7. The summed E-state index contributed by atoms with van der Waals surface area (Å²) in [4.78, 5) is 11.3. The van der Waals surface area contributed by atoms with E-state index in [4.69, 9.17) is 4.74 Å². The van der Waals surface area contributed by atoms with Crippen LogP contribution in [0.4, 0.5) is 0 Å². The van der Waals surface area contributed by atoms with Gasteiger partial charge in [0.05, 0.1) is 13.0 Å². The number of hydrogen-bond donors (Lipinski definition) is 0. The topological polar surface area (TPSA) is 26.3 Å². The molecule has 166 valence electrons. The quantitative estimate of drug-likeness (QED) is 0.110. The highest BCUT2D eigenvalue weighted by atomic mass is 16.5. The van der Waals surface area contributed by atoms with Crippen LogP contribution in [0.5, 0.6) is 0 Å². The van der Waals surface area contributed by atoms with E-state index in [9.17, 15) is 4.79 Å². The van der Waals surface area contributed by atoms with Gasteiger partial charge in [-0.2, -0.15) is 0 Å². The van der Waals surface area contributed by atoms with Gasteiger partial charge in [0.25, 0.3) is 0 Å². The second kappa shape index (κ2) is 22.5. The molecule has 0 N–H and O–H groups in total. The lowest BCUT2D eigenvalue weighted by molar-refractivity contribution is -0.145. The van der Waals surface area contributed by atoms with Crippen molar-refractivity contribution in [2.45, 2.75) is 136 Å². The van der Waals surface area contributed by atoms with E-state index in [0.717, 1.165) is 12.8 Å². The minimum absolute atomic E-state index is 0.0618. The van der Waals surface area contributed by atoms with Crippen LogP contribution >= 0.6 is 0 Å². The number of hydrogen-bond acceptors (Lipinski definition) is 2. The molecule has 0 fully saturated rings. The molecule has 0 rings (SSSR count). The molecule has 0 amide bonds. The number of esters is 1. The molecule has 0 spiro atoms. The molecule has 28 heavy (non-hydrogen) atoms. The van der Waals surface area contributed by atoms with Gasteiger partial charge in [0.1, 0.15) is 0 Å². The molecular weight excluding hydrogens is 344 g/mol. The highest BCUT2D eigenvalue weighted by Gasteiger charge is 2.11. The van der Waals surface area contributed by atoms with Crippen molar-refractivity contribution in [2.24, 2.45) is 5.92 Å². The summed E-state index contributed by atoms with van der Waals surface area (Å²) in [6, 6.07) is 0. The van der Waals surface area contributed by atoms with Crippen LogP contribution in [0.2, 0.25) is 0 Å². The fourth-order valence-corrected chi connectivity index (χ4v) is 3.72. The van der Waals surface area contributed by atoms with Crippen molar-refractivity contribution in [2.75, 3.05) is 7.11 Å². The largest absolute Gasteiger partial charge is 0.469 e. The SMILES string of the molecule is CCCCCCCC/C=C\CCCCCCCCCCCCC(C)C(=O)OC. The average molecular weight is 395 g/mol. The highest BCUT2D eigenvalue weighted by molar-refractivity contribution is 5.71. The van der Waals surface area contributed by atoms with Gasteiger partial charge in [0.2, 0.25) is 0 Å². The van der Waals surface area contributed by atoms with E-state index in [-0.39, 0.29) is 11.9 Å². The van der Waals surface area contributed by atoms with Crippen LogP contribution in [0.1, 0.15) is 136 Å². The molecular formula is C26H50O2. The van der Waals surface area contributed by atoms with Gasteiger partial charge in [0, 0.05) is 0 Å². The summed E-state index contributed by atoms with van der Waals surface area (Å²) in [5, 5.41) is 0. The molecule has 0 bridgehead atoms. The summed E-state index contributed by atoms with van der Waals surface area (Å²) in [5.41, 5.74) is 0. The number of methoxy groups -OCH3 is 1. The van der Waals surface area contributed by atoms with Crippen molar-refractivity contribution in [3.8, 4) is 0 Å². The Bertz CT molecular complexity index is 348. The van der Waals surface area contributed by atoms with E-state index in [1.807, 2.05) is 6.92 Å². The fourth-order valence-electron chi connectivity index (χ4n) is 3.72. The van der Waals surface area contributed by atoms with Gasteiger partial charge in [0.15, 0.2) is 0 Å². The van der Waals surface area contributed by atoms with Gasteiger partial charge in [-0.25, -0.2) is 0 Å². The second-order valence-corrected chi connectivity index (χ2v) is 8.56. The fraction of sp³-hybridized carbons (Fsp3) is 0.885. The van der Waals surface area contributed by atoms with Crippen LogP contribution in [-0.2, 0) is 9.53 Å². The molecule has 0 aliphatic rings. The highest BCUT2D eigenvalue weighted by Crippen LogP contribution is 2.15. The summed E-state index contributed by atoms with van der Waals surface area (Å²) < 4.78 is 4.76. The van der Waals surface area contributed by atoms with Crippen LogP contribution in [0, 0.1) is 5.92 Å². The zero-order valence-corrected chi connectivity index (χ0v) is 19.5. The monoisotopic (exact) mass is 394 g/mol.